The van der Waals surface area contributed by atoms with Crippen LogP contribution in [0.1, 0.15) is 16.7 Å². The molecule has 0 amide bonds. The molecule has 0 aliphatic rings. The Kier molecular flexibility index (Phi) is 7.16. The molecular formula is C21H17BrCl2N2O. The molecule has 6 heteroatoms. The first kappa shape index (κ1) is 19.7. The first-order chi connectivity index (χ1) is 13.1. The van der Waals surface area contributed by atoms with Crippen LogP contribution in [-0.2, 0) is 13.2 Å². The lowest BCUT2D eigenvalue weighted by Crippen LogP contribution is -2.06. The van der Waals surface area contributed by atoms with Crippen molar-refractivity contribution < 1.29 is 4.74 Å². The molecule has 0 aliphatic heterocycles. The van der Waals surface area contributed by atoms with E-state index in [1.54, 1.807) is 6.21 Å². The van der Waals surface area contributed by atoms with Crippen molar-refractivity contribution in [1.82, 2.24) is 5.43 Å². The summed E-state index contributed by atoms with van der Waals surface area (Å²) >= 11 is 15.8. The molecule has 0 radical (unpaired) electrons. The van der Waals surface area contributed by atoms with Crippen LogP contribution in [-0.4, -0.2) is 6.21 Å². The fraction of sp³-hybridized carbons (Fsp3) is 0.0952. The van der Waals surface area contributed by atoms with Gasteiger partial charge in [-0.2, -0.15) is 5.10 Å². The van der Waals surface area contributed by atoms with E-state index in [4.69, 9.17) is 27.9 Å². The van der Waals surface area contributed by atoms with Crippen LogP contribution in [0.4, 0.5) is 0 Å². The Hall–Kier alpha value is -2.01. The highest BCUT2D eigenvalue weighted by molar-refractivity contribution is 9.10. The standard InChI is InChI=1S/C21H17BrCl2N2O/c22-18-11-15(12-25-26-13-16-5-1-3-7-19(16)23)9-10-21(18)27-14-17-6-2-4-8-20(17)24/h1-12,26H,13-14H2/b25-12-. The number of hydrazone groups is 1. The highest BCUT2D eigenvalue weighted by Gasteiger charge is 2.05. The Labute approximate surface area is 177 Å². The van der Waals surface area contributed by atoms with Crippen LogP contribution in [0.25, 0.3) is 0 Å². The Morgan fingerprint density at radius 1 is 0.926 bits per heavy atom. The zero-order valence-corrected chi connectivity index (χ0v) is 17.4. The van der Waals surface area contributed by atoms with Gasteiger partial charge in [0, 0.05) is 15.6 Å². The van der Waals surface area contributed by atoms with E-state index in [0.717, 1.165) is 31.9 Å². The molecule has 3 aromatic rings. The number of benzene rings is 3. The van der Waals surface area contributed by atoms with Crippen LogP contribution in [0, 0.1) is 0 Å². The third-order valence-electron chi connectivity index (χ3n) is 3.83. The van der Waals surface area contributed by atoms with Gasteiger partial charge in [0.1, 0.15) is 12.4 Å². The van der Waals surface area contributed by atoms with Gasteiger partial charge in [-0.05, 0) is 57.4 Å². The second kappa shape index (κ2) is 9.79. The van der Waals surface area contributed by atoms with Crippen molar-refractivity contribution in [3.05, 3.63) is 97.9 Å². The van der Waals surface area contributed by atoms with Crippen molar-refractivity contribution >= 4 is 45.3 Å². The molecule has 0 saturated heterocycles. The van der Waals surface area contributed by atoms with Gasteiger partial charge in [0.2, 0.25) is 0 Å². The smallest absolute Gasteiger partial charge is 0.134 e. The minimum absolute atomic E-state index is 0.408. The Morgan fingerprint density at radius 2 is 1.59 bits per heavy atom. The van der Waals surface area contributed by atoms with Crippen LogP contribution in [0.2, 0.25) is 10.0 Å². The summed E-state index contributed by atoms with van der Waals surface area (Å²) in [7, 11) is 0. The lowest BCUT2D eigenvalue weighted by atomic mass is 10.2. The van der Waals surface area contributed by atoms with Crippen LogP contribution in [0.15, 0.2) is 76.3 Å². The quantitative estimate of drug-likeness (QED) is 0.322. The maximum Gasteiger partial charge on any atom is 0.134 e. The number of nitrogens with one attached hydrogen (secondary N) is 1. The number of nitrogens with zero attached hydrogens (tertiary/aromatic N) is 1. The summed E-state index contributed by atoms with van der Waals surface area (Å²) < 4.78 is 6.70. The van der Waals surface area contributed by atoms with Crippen molar-refractivity contribution in [1.29, 1.82) is 0 Å². The number of halogens is 3. The predicted molar refractivity (Wildman–Crippen MR) is 116 cm³/mol. The topological polar surface area (TPSA) is 33.6 Å². The van der Waals surface area contributed by atoms with Gasteiger partial charge >= 0.3 is 0 Å². The fourth-order valence-corrected chi connectivity index (χ4v) is 3.28. The van der Waals surface area contributed by atoms with Gasteiger partial charge in [-0.15, -0.1) is 0 Å². The van der Waals surface area contributed by atoms with E-state index in [1.165, 1.54) is 0 Å². The number of hydrogen-bond acceptors (Lipinski definition) is 3. The summed E-state index contributed by atoms with van der Waals surface area (Å²) in [4.78, 5) is 0. The van der Waals surface area contributed by atoms with Gasteiger partial charge < -0.3 is 10.2 Å². The molecule has 3 nitrogen and oxygen atoms in total. The fourth-order valence-electron chi connectivity index (χ4n) is 2.38. The average Bonchev–Trinajstić information content (AvgIpc) is 2.67. The predicted octanol–water partition coefficient (Wildman–Crippen LogP) is 6.46. The molecule has 0 bridgehead atoms. The maximum absolute atomic E-state index is 6.16. The van der Waals surface area contributed by atoms with E-state index in [2.05, 4.69) is 26.5 Å². The second-order valence-electron chi connectivity index (χ2n) is 5.75. The first-order valence-electron chi connectivity index (χ1n) is 8.28. The third kappa shape index (κ3) is 5.73. The second-order valence-corrected chi connectivity index (χ2v) is 7.42. The van der Waals surface area contributed by atoms with Crippen molar-refractivity contribution in [3.8, 4) is 5.75 Å². The Balaban J connectivity index is 1.56. The number of ether oxygens (including phenoxy) is 1. The molecule has 0 aromatic heterocycles. The third-order valence-corrected chi connectivity index (χ3v) is 5.19. The summed E-state index contributed by atoms with van der Waals surface area (Å²) in [5.74, 6) is 0.746. The largest absolute Gasteiger partial charge is 0.488 e. The lowest BCUT2D eigenvalue weighted by molar-refractivity contribution is 0.304. The van der Waals surface area contributed by atoms with Crippen LogP contribution in [0.5, 0.6) is 5.75 Å². The van der Waals surface area contributed by atoms with E-state index in [1.807, 2.05) is 66.7 Å². The molecule has 0 aliphatic carbocycles. The zero-order chi connectivity index (χ0) is 19.1. The molecule has 3 rings (SSSR count). The SMILES string of the molecule is Clc1ccccc1CN/N=C\c1ccc(OCc2ccccc2Cl)c(Br)c1. The summed E-state index contributed by atoms with van der Waals surface area (Å²) in [6.45, 7) is 0.974. The molecule has 1 N–H and O–H groups in total. The minimum Gasteiger partial charge on any atom is -0.488 e. The van der Waals surface area contributed by atoms with Gasteiger partial charge in [0.15, 0.2) is 0 Å². The van der Waals surface area contributed by atoms with E-state index >= 15 is 0 Å². The first-order valence-corrected chi connectivity index (χ1v) is 9.83. The van der Waals surface area contributed by atoms with Gasteiger partial charge in [0.25, 0.3) is 0 Å². The van der Waals surface area contributed by atoms with Crippen LogP contribution in [0.3, 0.4) is 0 Å². The number of hydrogen-bond donors (Lipinski definition) is 1. The highest BCUT2D eigenvalue weighted by atomic mass is 79.9. The lowest BCUT2D eigenvalue weighted by Gasteiger charge is -2.10. The van der Waals surface area contributed by atoms with Gasteiger partial charge in [-0.1, -0.05) is 59.6 Å². The van der Waals surface area contributed by atoms with E-state index < -0.39 is 0 Å². The molecule has 27 heavy (non-hydrogen) atoms. The molecule has 0 spiro atoms. The van der Waals surface area contributed by atoms with Crippen molar-refractivity contribution in [2.45, 2.75) is 13.2 Å². The summed E-state index contributed by atoms with van der Waals surface area (Å²) in [6, 6.07) is 21.1. The van der Waals surface area contributed by atoms with Gasteiger partial charge in [-0.25, -0.2) is 0 Å². The summed E-state index contributed by atoms with van der Waals surface area (Å²) in [6.07, 6.45) is 1.75. The molecule has 0 atom stereocenters. The Morgan fingerprint density at radius 3 is 2.26 bits per heavy atom. The summed E-state index contributed by atoms with van der Waals surface area (Å²) in [5, 5.41) is 5.66. The molecule has 0 unspecified atom stereocenters. The van der Waals surface area contributed by atoms with Crippen LogP contribution < -0.4 is 10.2 Å². The average molecular weight is 464 g/mol. The monoisotopic (exact) mass is 462 g/mol. The van der Waals surface area contributed by atoms with Crippen molar-refractivity contribution in [3.63, 3.8) is 0 Å². The number of rotatable bonds is 7. The molecule has 0 saturated carbocycles. The van der Waals surface area contributed by atoms with Crippen LogP contribution >= 0.6 is 39.1 Å². The molecular weight excluding hydrogens is 447 g/mol. The van der Waals surface area contributed by atoms with Gasteiger partial charge in [0.05, 0.1) is 17.2 Å². The van der Waals surface area contributed by atoms with E-state index in [-0.39, 0.29) is 0 Å². The molecule has 138 valence electrons. The maximum atomic E-state index is 6.16. The molecule has 3 aromatic carbocycles. The molecule has 0 heterocycles. The Bertz CT molecular complexity index is 947. The van der Waals surface area contributed by atoms with Crippen molar-refractivity contribution in [2.75, 3.05) is 0 Å². The summed E-state index contributed by atoms with van der Waals surface area (Å²) in [5.41, 5.74) is 5.89. The molecule has 0 fully saturated rings. The highest BCUT2D eigenvalue weighted by Crippen LogP contribution is 2.27. The normalized spacial score (nSPS) is 10.9. The zero-order valence-electron chi connectivity index (χ0n) is 14.3. The van der Waals surface area contributed by atoms with Gasteiger partial charge in [-0.3, -0.25) is 0 Å². The minimum atomic E-state index is 0.408. The van der Waals surface area contributed by atoms with Crippen molar-refractivity contribution in [2.24, 2.45) is 5.10 Å². The van der Waals surface area contributed by atoms with E-state index in [9.17, 15) is 0 Å². The van der Waals surface area contributed by atoms with E-state index in [0.29, 0.717) is 18.2 Å².